The highest BCUT2D eigenvalue weighted by molar-refractivity contribution is 5.96. The largest absolute Gasteiger partial charge is 0.490 e. The molecule has 0 radical (unpaired) electrons. The number of carbonyl (C=O) groups is 1. The van der Waals surface area contributed by atoms with Crippen LogP contribution in [0.1, 0.15) is 49.4 Å². The molecule has 0 spiro atoms. The molecule has 0 atom stereocenters. The standard InChI is InChI=1S/C15H19FO3/c1-11(17)13-9-12(16)5-6-14(13)19-10-15(18)7-3-2-4-8-15/h5-6,9,18H,2-4,7-8,10H2,1H3. The van der Waals surface area contributed by atoms with E-state index in [1.807, 2.05) is 0 Å². The number of hydrogen-bond donors (Lipinski definition) is 1. The Labute approximate surface area is 112 Å². The van der Waals surface area contributed by atoms with Gasteiger partial charge < -0.3 is 9.84 Å². The maximum Gasteiger partial charge on any atom is 0.163 e. The van der Waals surface area contributed by atoms with E-state index in [-0.39, 0.29) is 18.0 Å². The molecule has 4 heteroatoms. The van der Waals surface area contributed by atoms with Gasteiger partial charge in [0.15, 0.2) is 5.78 Å². The molecule has 0 heterocycles. The predicted molar refractivity (Wildman–Crippen MR) is 69.9 cm³/mol. The van der Waals surface area contributed by atoms with Gasteiger partial charge in [0.05, 0.1) is 11.2 Å². The summed E-state index contributed by atoms with van der Waals surface area (Å²) in [7, 11) is 0. The Bertz CT molecular complexity index is 464. The zero-order valence-electron chi connectivity index (χ0n) is 11.1. The lowest BCUT2D eigenvalue weighted by Gasteiger charge is -2.31. The van der Waals surface area contributed by atoms with Crippen molar-refractivity contribution in [2.75, 3.05) is 6.61 Å². The molecule has 1 aromatic rings. The summed E-state index contributed by atoms with van der Waals surface area (Å²) in [4.78, 5) is 11.4. The SMILES string of the molecule is CC(=O)c1cc(F)ccc1OCC1(O)CCCCC1. The Morgan fingerprint density at radius 3 is 2.68 bits per heavy atom. The fraction of sp³-hybridized carbons (Fsp3) is 0.533. The van der Waals surface area contributed by atoms with E-state index in [1.165, 1.54) is 25.1 Å². The molecule has 1 saturated carbocycles. The van der Waals surface area contributed by atoms with Gasteiger partial charge in [-0.05, 0) is 38.0 Å². The van der Waals surface area contributed by atoms with E-state index in [0.717, 1.165) is 19.3 Å². The molecule has 1 aromatic carbocycles. The normalized spacial score (nSPS) is 18.1. The molecule has 1 N–H and O–H groups in total. The average molecular weight is 266 g/mol. The summed E-state index contributed by atoms with van der Waals surface area (Å²) < 4.78 is 18.7. The topological polar surface area (TPSA) is 46.5 Å². The summed E-state index contributed by atoms with van der Waals surface area (Å²) in [6.45, 7) is 1.52. The Morgan fingerprint density at radius 2 is 2.05 bits per heavy atom. The van der Waals surface area contributed by atoms with Gasteiger partial charge in [0, 0.05) is 0 Å². The fourth-order valence-corrected chi connectivity index (χ4v) is 2.47. The number of ether oxygens (including phenoxy) is 1. The third kappa shape index (κ3) is 3.53. The van der Waals surface area contributed by atoms with Crippen LogP contribution in [0.25, 0.3) is 0 Å². The first-order chi connectivity index (χ1) is 9.00. The molecule has 2 rings (SSSR count). The van der Waals surface area contributed by atoms with Crippen molar-refractivity contribution in [3.05, 3.63) is 29.6 Å². The van der Waals surface area contributed by atoms with Crippen LogP contribution in [0.3, 0.4) is 0 Å². The van der Waals surface area contributed by atoms with Crippen LogP contribution in [-0.4, -0.2) is 23.1 Å². The Balaban J connectivity index is 2.08. The molecule has 1 aliphatic rings. The van der Waals surface area contributed by atoms with Gasteiger partial charge in [-0.15, -0.1) is 0 Å². The van der Waals surface area contributed by atoms with Gasteiger partial charge in [-0.3, -0.25) is 4.79 Å². The van der Waals surface area contributed by atoms with Crippen molar-refractivity contribution in [2.24, 2.45) is 0 Å². The molecule has 0 bridgehead atoms. The molecular weight excluding hydrogens is 247 g/mol. The summed E-state index contributed by atoms with van der Waals surface area (Å²) in [5.74, 6) is -0.369. The minimum absolute atomic E-state index is 0.152. The third-order valence-electron chi connectivity index (χ3n) is 3.60. The monoisotopic (exact) mass is 266 g/mol. The van der Waals surface area contributed by atoms with Crippen LogP contribution in [0.2, 0.25) is 0 Å². The molecule has 0 amide bonds. The van der Waals surface area contributed by atoms with Crippen LogP contribution in [0.15, 0.2) is 18.2 Å². The molecule has 0 unspecified atom stereocenters. The van der Waals surface area contributed by atoms with Crippen LogP contribution < -0.4 is 4.74 Å². The smallest absolute Gasteiger partial charge is 0.163 e. The van der Waals surface area contributed by atoms with Crippen LogP contribution >= 0.6 is 0 Å². The molecular formula is C15H19FO3. The minimum atomic E-state index is -0.819. The first kappa shape index (κ1) is 14.0. The van der Waals surface area contributed by atoms with Crippen molar-refractivity contribution in [1.82, 2.24) is 0 Å². The van der Waals surface area contributed by atoms with Crippen molar-refractivity contribution < 1.29 is 19.0 Å². The number of carbonyl (C=O) groups excluding carboxylic acids is 1. The zero-order valence-corrected chi connectivity index (χ0v) is 11.1. The van der Waals surface area contributed by atoms with Gasteiger partial charge in [0.1, 0.15) is 18.2 Å². The van der Waals surface area contributed by atoms with E-state index >= 15 is 0 Å². The molecule has 0 aromatic heterocycles. The van der Waals surface area contributed by atoms with Gasteiger partial charge >= 0.3 is 0 Å². The fourth-order valence-electron chi connectivity index (χ4n) is 2.47. The number of benzene rings is 1. The number of halogens is 1. The third-order valence-corrected chi connectivity index (χ3v) is 3.60. The van der Waals surface area contributed by atoms with E-state index in [4.69, 9.17) is 4.74 Å². The number of rotatable bonds is 4. The number of aliphatic hydroxyl groups is 1. The van der Waals surface area contributed by atoms with Crippen molar-refractivity contribution in [2.45, 2.75) is 44.6 Å². The van der Waals surface area contributed by atoms with E-state index in [2.05, 4.69) is 0 Å². The van der Waals surface area contributed by atoms with E-state index in [9.17, 15) is 14.3 Å². The summed E-state index contributed by atoms with van der Waals surface area (Å²) >= 11 is 0. The second-order valence-electron chi connectivity index (χ2n) is 5.27. The lowest BCUT2D eigenvalue weighted by Crippen LogP contribution is -2.38. The Morgan fingerprint density at radius 1 is 1.37 bits per heavy atom. The van der Waals surface area contributed by atoms with E-state index in [0.29, 0.717) is 18.6 Å². The second kappa shape index (κ2) is 5.70. The van der Waals surface area contributed by atoms with Crippen molar-refractivity contribution >= 4 is 5.78 Å². The summed E-state index contributed by atoms with van der Waals surface area (Å²) in [5.41, 5.74) is -0.597. The van der Waals surface area contributed by atoms with Crippen LogP contribution in [0, 0.1) is 5.82 Å². The van der Waals surface area contributed by atoms with Crippen LogP contribution in [0.4, 0.5) is 4.39 Å². The Kier molecular flexibility index (Phi) is 4.20. The van der Waals surface area contributed by atoms with Gasteiger partial charge in [-0.25, -0.2) is 4.39 Å². The molecule has 3 nitrogen and oxygen atoms in total. The van der Waals surface area contributed by atoms with Crippen LogP contribution in [-0.2, 0) is 0 Å². The number of ketones is 1. The summed E-state index contributed by atoms with van der Waals surface area (Å²) in [6, 6.07) is 3.87. The number of hydrogen-bond acceptors (Lipinski definition) is 3. The van der Waals surface area contributed by atoms with Crippen molar-refractivity contribution in [1.29, 1.82) is 0 Å². The lowest BCUT2D eigenvalue weighted by atomic mass is 9.85. The highest BCUT2D eigenvalue weighted by atomic mass is 19.1. The lowest BCUT2D eigenvalue weighted by molar-refractivity contribution is -0.0340. The van der Waals surface area contributed by atoms with Crippen molar-refractivity contribution in [3.63, 3.8) is 0 Å². The highest BCUT2D eigenvalue weighted by Crippen LogP contribution is 2.29. The molecule has 0 saturated heterocycles. The molecule has 104 valence electrons. The maximum absolute atomic E-state index is 13.1. The molecule has 1 fully saturated rings. The molecule has 1 aliphatic carbocycles. The quantitative estimate of drug-likeness (QED) is 0.852. The maximum atomic E-state index is 13.1. The first-order valence-electron chi connectivity index (χ1n) is 6.66. The van der Waals surface area contributed by atoms with Gasteiger partial charge in [-0.2, -0.15) is 0 Å². The number of Topliss-reactive ketones (excluding diaryl/α,β-unsaturated/α-hetero) is 1. The summed E-state index contributed by atoms with van der Waals surface area (Å²) in [6.07, 6.45) is 4.54. The zero-order chi connectivity index (χ0) is 13.9. The van der Waals surface area contributed by atoms with E-state index < -0.39 is 11.4 Å². The predicted octanol–water partition coefficient (Wildman–Crippen LogP) is 3.10. The Hall–Kier alpha value is -1.42. The highest BCUT2D eigenvalue weighted by Gasteiger charge is 2.30. The molecule has 0 aliphatic heterocycles. The van der Waals surface area contributed by atoms with Gasteiger partial charge in [0.25, 0.3) is 0 Å². The van der Waals surface area contributed by atoms with Gasteiger partial charge in [-0.1, -0.05) is 19.3 Å². The average Bonchev–Trinajstić information content (AvgIpc) is 2.38. The van der Waals surface area contributed by atoms with E-state index in [1.54, 1.807) is 0 Å². The minimum Gasteiger partial charge on any atom is -0.490 e. The summed E-state index contributed by atoms with van der Waals surface area (Å²) in [5, 5.41) is 10.3. The molecule has 19 heavy (non-hydrogen) atoms. The second-order valence-corrected chi connectivity index (χ2v) is 5.27. The first-order valence-corrected chi connectivity index (χ1v) is 6.66. The van der Waals surface area contributed by atoms with Gasteiger partial charge in [0.2, 0.25) is 0 Å². The van der Waals surface area contributed by atoms with Crippen molar-refractivity contribution in [3.8, 4) is 5.75 Å². The van der Waals surface area contributed by atoms with Crippen LogP contribution in [0.5, 0.6) is 5.75 Å².